The summed E-state index contributed by atoms with van der Waals surface area (Å²) in [5.74, 6) is 1.37. The standard InChI is InChI=1S/C37H25N2O3P/c40-43(39-33-21-11-12-22-38-33)41-36-31(25-13-3-1-4-14-25)23-27-17-7-9-19-29(27)34(36)35-30-20-10-8-18-28(30)24-32(37(35)42-43)26-15-5-2-6-16-26/h1-24H,(H,38,39,40). The summed E-state index contributed by atoms with van der Waals surface area (Å²) in [6, 6.07) is 46.1. The van der Waals surface area contributed by atoms with E-state index in [0.29, 0.717) is 17.3 Å². The molecule has 0 unspecified atom stereocenters. The maximum atomic E-state index is 15.0. The van der Waals surface area contributed by atoms with Crippen molar-refractivity contribution in [3.63, 3.8) is 0 Å². The molecule has 6 aromatic carbocycles. The molecule has 1 N–H and O–H groups in total. The number of fused-ring (bicyclic) bond motifs is 7. The Morgan fingerprint density at radius 2 is 1.00 bits per heavy atom. The second kappa shape index (κ2) is 10.2. The molecule has 2 heterocycles. The van der Waals surface area contributed by atoms with Crippen LogP contribution in [0.25, 0.3) is 54.9 Å². The molecule has 6 heteroatoms. The monoisotopic (exact) mass is 576 g/mol. The van der Waals surface area contributed by atoms with Crippen molar-refractivity contribution in [1.82, 2.24) is 4.98 Å². The highest BCUT2D eigenvalue weighted by molar-refractivity contribution is 7.61. The molecule has 0 fully saturated rings. The molecule has 1 aliphatic heterocycles. The number of rotatable bonds is 4. The van der Waals surface area contributed by atoms with Crippen molar-refractivity contribution >= 4 is 35.5 Å². The highest BCUT2D eigenvalue weighted by Gasteiger charge is 2.43. The lowest BCUT2D eigenvalue weighted by atomic mass is 9.86. The van der Waals surface area contributed by atoms with Gasteiger partial charge in [0.25, 0.3) is 0 Å². The van der Waals surface area contributed by atoms with E-state index in [-0.39, 0.29) is 0 Å². The van der Waals surface area contributed by atoms with E-state index in [9.17, 15) is 4.89 Å². The Labute approximate surface area is 249 Å². The number of benzene rings is 6. The van der Waals surface area contributed by atoms with Gasteiger partial charge in [-0.3, -0.25) is 9.05 Å². The van der Waals surface area contributed by atoms with Gasteiger partial charge in [0, 0.05) is 28.5 Å². The molecule has 0 aliphatic carbocycles. The maximum Gasteiger partial charge on any atom is 0.433 e. The molecular formula is C37H25N2O3P. The van der Waals surface area contributed by atoms with Gasteiger partial charge in [-0.05, 0) is 56.9 Å². The number of anilines is 1. The number of pyridine rings is 1. The van der Waals surface area contributed by atoms with Crippen LogP contribution in [0.15, 0.2) is 146 Å². The first-order valence-electron chi connectivity index (χ1n) is 14.1. The molecule has 0 atom stereocenters. The van der Waals surface area contributed by atoms with Gasteiger partial charge in [0.1, 0.15) is 0 Å². The maximum absolute atomic E-state index is 15.0. The second-order valence-corrected chi connectivity index (χ2v) is 12.0. The lowest BCUT2D eigenvalue weighted by Crippen LogP contribution is -2.27. The van der Waals surface area contributed by atoms with Gasteiger partial charge in [0.2, 0.25) is 0 Å². The van der Waals surface area contributed by atoms with Gasteiger partial charge in [-0.1, -0.05) is 115 Å². The highest BCUT2D eigenvalue weighted by atomic mass is 31.2. The van der Waals surface area contributed by atoms with E-state index >= 15 is 0 Å². The number of nitrogens with zero attached hydrogens (tertiary/aromatic N) is 1. The molecular weight excluding hydrogens is 551 g/mol. The summed E-state index contributed by atoms with van der Waals surface area (Å²) < 4.78 is 13.3. The topological polar surface area (TPSA) is 66.4 Å². The van der Waals surface area contributed by atoms with E-state index in [1.165, 1.54) is 0 Å². The van der Waals surface area contributed by atoms with Gasteiger partial charge in [0.15, 0.2) is 17.3 Å². The molecule has 0 saturated heterocycles. The average Bonchev–Trinajstić information content (AvgIpc) is 3.19. The Kier molecular flexibility index (Phi) is 6.07. The van der Waals surface area contributed by atoms with Crippen molar-refractivity contribution in [3.8, 4) is 44.9 Å². The van der Waals surface area contributed by atoms with Gasteiger partial charge in [-0.15, -0.1) is 0 Å². The molecule has 1 aliphatic rings. The minimum Gasteiger partial charge on any atom is -0.597 e. The van der Waals surface area contributed by atoms with E-state index in [0.717, 1.165) is 54.9 Å². The van der Waals surface area contributed by atoms with E-state index in [1.807, 2.05) is 91.0 Å². The predicted octanol–water partition coefficient (Wildman–Crippen LogP) is 9.31. The highest BCUT2D eigenvalue weighted by Crippen LogP contribution is 2.64. The molecule has 0 spiro atoms. The van der Waals surface area contributed by atoms with Crippen LogP contribution in [-0.4, -0.2) is 4.98 Å². The molecule has 43 heavy (non-hydrogen) atoms. The largest absolute Gasteiger partial charge is 0.597 e. The summed E-state index contributed by atoms with van der Waals surface area (Å²) in [5.41, 5.74) is 5.20. The van der Waals surface area contributed by atoms with Gasteiger partial charge >= 0.3 is 8.09 Å². The van der Waals surface area contributed by atoms with Crippen LogP contribution in [0.4, 0.5) is 5.82 Å². The smallest absolute Gasteiger partial charge is 0.433 e. The Balaban J connectivity index is 1.54. The van der Waals surface area contributed by atoms with Gasteiger partial charge in [0.05, 0.1) is 0 Å². The van der Waals surface area contributed by atoms with Crippen LogP contribution in [0, 0.1) is 0 Å². The van der Waals surface area contributed by atoms with Crippen LogP contribution in [0.5, 0.6) is 11.5 Å². The molecule has 0 saturated carbocycles. The van der Waals surface area contributed by atoms with Crippen molar-refractivity contribution in [2.24, 2.45) is 0 Å². The van der Waals surface area contributed by atoms with Crippen LogP contribution in [0.1, 0.15) is 0 Å². The molecule has 0 amide bonds. The Morgan fingerprint density at radius 3 is 1.49 bits per heavy atom. The predicted molar refractivity (Wildman–Crippen MR) is 174 cm³/mol. The van der Waals surface area contributed by atoms with Crippen LogP contribution in [0.3, 0.4) is 0 Å². The fourth-order valence-corrected chi connectivity index (χ4v) is 7.28. The third kappa shape index (κ3) is 4.47. The summed E-state index contributed by atoms with van der Waals surface area (Å²) in [5, 5.41) is 7.06. The molecule has 206 valence electrons. The van der Waals surface area contributed by atoms with Gasteiger partial charge < -0.3 is 4.89 Å². The molecule has 1 aromatic heterocycles. The third-order valence-corrected chi connectivity index (χ3v) is 9.11. The van der Waals surface area contributed by atoms with Crippen molar-refractivity contribution in [2.75, 3.05) is 5.09 Å². The Bertz CT molecular complexity index is 1990. The Hall–Kier alpha value is -5.22. The van der Waals surface area contributed by atoms with Crippen molar-refractivity contribution < 1.29 is 13.9 Å². The zero-order valence-corrected chi connectivity index (χ0v) is 23.9. The zero-order chi connectivity index (χ0) is 28.8. The third-order valence-electron chi connectivity index (χ3n) is 7.76. The lowest BCUT2D eigenvalue weighted by Gasteiger charge is -2.27. The molecule has 0 radical (unpaired) electrons. The molecule has 5 nitrogen and oxygen atoms in total. The molecule has 7 aromatic rings. The minimum atomic E-state index is -4.11. The van der Waals surface area contributed by atoms with Gasteiger partial charge in [-0.2, -0.15) is 5.09 Å². The first-order valence-corrected chi connectivity index (χ1v) is 15.6. The first kappa shape index (κ1) is 25.5. The van der Waals surface area contributed by atoms with E-state index in [1.54, 1.807) is 18.3 Å². The van der Waals surface area contributed by atoms with E-state index in [2.05, 4.69) is 46.5 Å². The number of aromatic nitrogens is 1. The minimum absolute atomic E-state index is 0.389. The van der Waals surface area contributed by atoms with E-state index in [4.69, 9.17) is 9.05 Å². The molecule has 0 bridgehead atoms. The van der Waals surface area contributed by atoms with Gasteiger partial charge in [-0.25, -0.2) is 4.98 Å². The van der Waals surface area contributed by atoms with Crippen LogP contribution in [-0.2, 0) is 0 Å². The Morgan fingerprint density at radius 1 is 0.535 bits per heavy atom. The number of nitrogens with one attached hydrogen (secondary N) is 1. The van der Waals surface area contributed by atoms with Crippen molar-refractivity contribution in [2.45, 2.75) is 0 Å². The average molecular weight is 577 g/mol. The normalized spacial score (nSPS) is 13.3. The van der Waals surface area contributed by atoms with Crippen molar-refractivity contribution in [3.05, 3.63) is 146 Å². The summed E-state index contributed by atoms with van der Waals surface area (Å²) in [6.45, 7) is 0. The van der Waals surface area contributed by atoms with Crippen LogP contribution in [0.2, 0.25) is 0 Å². The first-order chi connectivity index (χ1) is 21.2. The number of hydrogen-bond donors (Lipinski definition) is 1. The van der Waals surface area contributed by atoms with Crippen LogP contribution < -0.4 is 19.0 Å². The second-order valence-electron chi connectivity index (χ2n) is 10.4. The summed E-state index contributed by atoms with van der Waals surface area (Å²) in [4.78, 5) is 19.4. The lowest BCUT2D eigenvalue weighted by molar-refractivity contribution is -0.200. The summed E-state index contributed by atoms with van der Waals surface area (Å²) in [7, 11) is -4.11. The zero-order valence-electron chi connectivity index (χ0n) is 23.0. The summed E-state index contributed by atoms with van der Waals surface area (Å²) >= 11 is 0. The fraction of sp³-hybridized carbons (Fsp3) is 0. The fourth-order valence-electron chi connectivity index (χ4n) is 5.88. The number of hydrogen-bond acceptors (Lipinski definition) is 5. The molecule has 8 rings (SSSR count). The van der Waals surface area contributed by atoms with Crippen molar-refractivity contribution in [1.29, 1.82) is 0 Å². The van der Waals surface area contributed by atoms with E-state index < -0.39 is 8.09 Å². The van der Waals surface area contributed by atoms with Crippen LogP contribution >= 0.6 is 8.09 Å². The summed E-state index contributed by atoms with van der Waals surface area (Å²) in [6.07, 6.45) is 1.64. The SMILES string of the molecule is [O-][P+]1(Nc2ccccn2)Oc2c(-c3ccccc3)cc3ccccc3c2-c2c(c(-c3ccccc3)cc3ccccc23)O1. The quantitative estimate of drug-likeness (QED) is 0.212.